The van der Waals surface area contributed by atoms with Crippen LogP contribution in [0.2, 0.25) is 0 Å². The standard InChI is InChI=1S/C25H32N2O6/c1-8-17(15(3)28)18-13-22(32-6)23(33-7)14-19(18)25(27-26-24(29)9-2)16-10-11-20(30-4)21(12-16)31-5/h10-14,17H,8-9H2,1-7H3,(H,26,29)/b27-25+. The van der Waals surface area contributed by atoms with Crippen LogP contribution >= 0.6 is 0 Å². The van der Waals surface area contributed by atoms with Crippen molar-refractivity contribution >= 4 is 17.4 Å². The molecule has 8 nitrogen and oxygen atoms in total. The third kappa shape index (κ3) is 5.83. The molecule has 0 radical (unpaired) electrons. The monoisotopic (exact) mass is 456 g/mol. The Labute approximate surface area is 194 Å². The van der Waals surface area contributed by atoms with E-state index in [2.05, 4.69) is 10.5 Å². The molecule has 0 heterocycles. The predicted octanol–water partition coefficient (Wildman–Crippen LogP) is 4.08. The zero-order valence-corrected chi connectivity index (χ0v) is 20.3. The van der Waals surface area contributed by atoms with E-state index in [1.54, 1.807) is 59.4 Å². The number of hydrazone groups is 1. The van der Waals surface area contributed by atoms with Crippen LogP contribution in [0.5, 0.6) is 23.0 Å². The second-order valence-electron chi connectivity index (χ2n) is 7.28. The third-order valence-corrected chi connectivity index (χ3v) is 5.36. The van der Waals surface area contributed by atoms with Gasteiger partial charge in [-0.2, -0.15) is 5.10 Å². The number of carbonyl (C=O) groups excluding carboxylic acids is 2. The number of benzene rings is 2. The summed E-state index contributed by atoms with van der Waals surface area (Å²) in [6, 6.07) is 8.90. The fraction of sp³-hybridized carbons (Fsp3) is 0.400. The van der Waals surface area contributed by atoms with Crippen LogP contribution in [0.4, 0.5) is 0 Å². The van der Waals surface area contributed by atoms with Gasteiger partial charge in [-0.15, -0.1) is 0 Å². The number of rotatable bonds is 11. The molecule has 0 aliphatic heterocycles. The minimum absolute atomic E-state index is 0.00947. The summed E-state index contributed by atoms with van der Waals surface area (Å²) < 4.78 is 21.8. The van der Waals surface area contributed by atoms with Gasteiger partial charge in [0.25, 0.3) is 0 Å². The van der Waals surface area contributed by atoms with Gasteiger partial charge in [-0.3, -0.25) is 9.59 Å². The molecule has 1 unspecified atom stereocenters. The number of ether oxygens (including phenoxy) is 4. The lowest BCUT2D eigenvalue weighted by atomic mass is 9.85. The molecule has 0 aromatic heterocycles. The van der Waals surface area contributed by atoms with Crippen LogP contribution in [0.3, 0.4) is 0 Å². The van der Waals surface area contributed by atoms with Crippen LogP contribution in [-0.2, 0) is 9.59 Å². The summed E-state index contributed by atoms with van der Waals surface area (Å²) in [5.41, 5.74) is 5.07. The summed E-state index contributed by atoms with van der Waals surface area (Å²) in [4.78, 5) is 24.6. The SMILES string of the molecule is CCC(=O)N/N=C(\c1ccc(OC)c(OC)c1)c1cc(OC)c(OC)cc1C(CC)C(C)=O. The molecule has 0 aliphatic rings. The lowest BCUT2D eigenvalue weighted by Gasteiger charge is -2.21. The van der Waals surface area contributed by atoms with Gasteiger partial charge in [-0.25, -0.2) is 5.43 Å². The van der Waals surface area contributed by atoms with E-state index in [9.17, 15) is 9.59 Å². The third-order valence-electron chi connectivity index (χ3n) is 5.36. The Morgan fingerprint density at radius 2 is 1.45 bits per heavy atom. The van der Waals surface area contributed by atoms with E-state index >= 15 is 0 Å². The number of amides is 1. The Balaban J connectivity index is 2.87. The van der Waals surface area contributed by atoms with Gasteiger partial charge in [0.05, 0.1) is 34.2 Å². The maximum atomic E-state index is 12.5. The van der Waals surface area contributed by atoms with Gasteiger partial charge in [-0.1, -0.05) is 13.8 Å². The molecule has 178 valence electrons. The van der Waals surface area contributed by atoms with Crippen molar-refractivity contribution in [3.05, 3.63) is 47.0 Å². The molecule has 8 heteroatoms. The maximum Gasteiger partial charge on any atom is 0.239 e. The van der Waals surface area contributed by atoms with Crippen molar-refractivity contribution in [1.29, 1.82) is 0 Å². The Bertz CT molecular complexity index is 1030. The predicted molar refractivity (Wildman–Crippen MR) is 127 cm³/mol. The number of methoxy groups -OCH3 is 4. The highest BCUT2D eigenvalue weighted by atomic mass is 16.5. The molecule has 0 spiro atoms. The molecule has 2 aromatic rings. The minimum atomic E-state index is -0.396. The summed E-state index contributed by atoms with van der Waals surface area (Å²) in [5.74, 6) is 1.41. The first kappa shape index (κ1) is 25.7. The second kappa shape index (κ2) is 11.9. The van der Waals surface area contributed by atoms with Crippen LogP contribution in [0.15, 0.2) is 35.4 Å². The number of Topliss-reactive ketones (excluding diaryl/α,β-unsaturated/α-hetero) is 1. The van der Waals surface area contributed by atoms with Gasteiger partial charge < -0.3 is 18.9 Å². The first-order valence-electron chi connectivity index (χ1n) is 10.7. The van der Waals surface area contributed by atoms with E-state index < -0.39 is 5.92 Å². The van der Waals surface area contributed by atoms with Crippen LogP contribution in [-0.4, -0.2) is 45.8 Å². The molecule has 0 saturated carbocycles. The summed E-state index contributed by atoms with van der Waals surface area (Å²) in [7, 11) is 6.18. The average molecular weight is 457 g/mol. The summed E-state index contributed by atoms with van der Waals surface area (Å²) >= 11 is 0. The quantitative estimate of drug-likeness (QED) is 0.404. The fourth-order valence-electron chi connectivity index (χ4n) is 3.58. The van der Waals surface area contributed by atoms with Gasteiger partial charge in [0, 0.05) is 23.5 Å². The number of hydrogen-bond acceptors (Lipinski definition) is 7. The van der Waals surface area contributed by atoms with Crippen molar-refractivity contribution in [2.24, 2.45) is 5.10 Å². The van der Waals surface area contributed by atoms with Crippen molar-refractivity contribution in [2.45, 2.75) is 39.5 Å². The smallest absolute Gasteiger partial charge is 0.239 e. The van der Waals surface area contributed by atoms with Gasteiger partial charge in [-0.05, 0) is 49.2 Å². The molecule has 0 bridgehead atoms. The van der Waals surface area contributed by atoms with E-state index in [0.717, 1.165) is 5.56 Å². The van der Waals surface area contributed by atoms with Crippen molar-refractivity contribution in [2.75, 3.05) is 28.4 Å². The topological polar surface area (TPSA) is 95.5 Å². The van der Waals surface area contributed by atoms with Crippen LogP contribution in [0.1, 0.15) is 56.2 Å². The number of hydrogen-bond donors (Lipinski definition) is 1. The first-order chi connectivity index (χ1) is 15.8. The molecular formula is C25H32N2O6. The zero-order valence-electron chi connectivity index (χ0n) is 20.3. The molecule has 33 heavy (non-hydrogen) atoms. The van der Waals surface area contributed by atoms with Gasteiger partial charge in [0.1, 0.15) is 5.78 Å². The summed E-state index contributed by atoms with van der Waals surface area (Å²) in [5, 5.41) is 4.45. The van der Waals surface area contributed by atoms with Crippen LogP contribution in [0, 0.1) is 0 Å². The van der Waals surface area contributed by atoms with Crippen molar-refractivity contribution in [1.82, 2.24) is 5.43 Å². The maximum absolute atomic E-state index is 12.5. The van der Waals surface area contributed by atoms with Crippen LogP contribution < -0.4 is 24.4 Å². The van der Waals surface area contributed by atoms with Crippen molar-refractivity contribution < 1.29 is 28.5 Å². The molecular weight excluding hydrogens is 424 g/mol. The number of carbonyl (C=O) groups is 2. The van der Waals surface area contributed by atoms with Crippen molar-refractivity contribution in [3.8, 4) is 23.0 Å². The highest BCUT2D eigenvalue weighted by molar-refractivity contribution is 6.15. The zero-order chi connectivity index (χ0) is 24.5. The van der Waals surface area contributed by atoms with Gasteiger partial charge >= 0.3 is 0 Å². The van der Waals surface area contributed by atoms with Crippen LogP contribution in [0.25, 0.3) is 0 Å². The van der Waals surface area contributed by atoms with Gasteiger partial charge in [0.15, 0.2) is 23.0 Å². The minimum Gasteiger partial charge on any atom is -0.493 e. The Morgan fingerprint density at radius 1 is 0.879 bits per heavy atom. The van der Waals surface area contributed by atoms with Gasteiger partial charge in [0.2, 0.25) is 5.91 Å². The Kier molecular flexibility index (Phi) is 9.27. The largest absolute Gasteiger partial charge is 0.493 e. The molecule has 2 aromatic carbocycles. The summed E-state index contributed by atoms with van der Waals surface area (Å²) in [6.45, 7) is 5.24. The second-order valence-corrected chi connectivity index (χ2v) is 7.28. The highest BCUT2D eigenvalue weighted by Crippen LogP contribution is 2.37. The van der Waals surface area contributed by atoms with E-state index in [1.165, 1.54) is 7.11 Å². The molecule has 1 atom stereocenters. The fourth-order valence-corrected chi connectivity index (χ4v) is 3.58. The van der Waals surface area contributed by atoms with Crippen molar-refractivity contribution in [3.63, 3.8) is 0 Å². The molecule has 0 fully saturated rings. The lowest BCUT2D eigenvalue weighted by molar-refractivity contribution is -0.121. The lowest BCUT2D eigenvalue weighted by Crippen LogP contribution is -2.21. The molecule has 1 N–H and O–H groups in total. The number of nitrogens with zero attached hydrogens (tertiary/aromatic N) is 1. The Hall–Kier alpha value is -3.55. The first-order valence-corrected chi connectivity index (χ1v) is 10.7. The highest BCUT2D eigenvalue weighted by Gasteiger charge is 2.25. The van der Waals surface area contributed by atoms with E-state index in [-0.39, 0.29) is 18.1 Å². The molecule has 2 rings (SSSR count). The summed E-state index contributed by atoms with van der Waals surface area (Å²) in [6.07, 6.45) is 0.852. The van der Waals surface area contributed by atoms with E-state index in [1.807, 2.05) is 13.0 Å². The average Bonchev–Trinajstić information content (AvgIpc) is 2.83. The molecule has 0 saturated heterocycles. The van der Waals surface area contributed by atoms with E-state index in [4.69, 9.17) is 18.9 Å². The molecule has 0 aliphatic carbocycles. The normalized spacial score (nSPS) is 12.0. The number of ketones is 1. The molecule has 1 amide bonds. The Morgan fingerprint density at radius 3 is 1.97 bits per heavy atom. The van der Waals surface area contributed by atoms with E-state index in [0.29, 0.717) is 46.3 Å². The number of nitrogens with one attached hydrogen (secondary N) is 1.